The molecule has 0 spiro atoms. The van der Waals surface area contributed by atoms with Crippen molar-refractivity contribution in [1.29, 1.82) is 0 Å². The van der Waals surface area contributed by atoms with Gasteiger partial charge in [-0.25, -0.2) is 0 Å². The first-order valence-electron chi connectivity index (χ1n) is 3.62. The van der Waals surface area contributed by atoms with E-state index in [9.17, 15) is 4.79 Å². The van der Waals surface area contributed by atoms with Gasteiger partial charge in [0.2, 0.25) is 0 Å². The molecule has 2 aliphatic rings. The van der Waals surface area contributed by atoms with Crippen LogP contribution >= 0.6 is 0 Å². The molecule has 2 atom stereocenters. The first kappa shape index (κ1) is 5.42. The molecule has 2 aliphatic heterocycles. The second-order valence-corrected chi connectivity index (χ2v) is 3.08. The van der Waals surface area contributed by atoms with Crippen molar-refractivity contribution < 1.29 is 4.79 Å². The summed E-state index contributed by atoms with van der Waals surface area (Å²) >= 11 is 0. The van der Waals surface area contributed by atoms with Crippen molar-refractivity contribution in [2.45, 2.75) is 37.8 Å². The highest BCUT2D eigenvalue weighted by molar-refractivity contribution is 5.80. The van der Waals surface area contributed by atoms with Crippen LogP contribution in [0.15, 0.2) is 0 Å². The molecule has 0 saturated carbocycles. The van der Waals surface area contributed by atoms with Crippen molar-refractivity contribution in [2.24, 2.45) is 0 Å². The summed E-state index contributed by atoms with van der Waals surface area (Å²) in [5.74, 6) is 0.459. The van der Waals surface area contributed by atoms with E-state index in [0.29, 0.717) is 17.9 Å². The lowest BCUT2D eigenvalue weighted by molar-refractivity contribution is -0.120. The SMILES string of the molecule is O=C1C[C@H]2CC[C@@H](C1)N2. The number of rotatable bonds is 0. The smallest absolute Gasteiger partial charge is 0.136 e. The number of nitrogens with one attached hydrogen (secondary N) is 1. The average molecular weight is 125 g/mol. The van der Waals surface area contributed by atoms with Crippen LogP contribution in [0.2, 0.25) is 0 Å². The zero-order valence-electron chi connectivity index (χ0n) is 5.39. The molecule has 0 aromatic rings. The van der Waals surface area contributed by atoms with Gasteiger partial charge in [0, 0.05) is 24.9 Å². The van der Waals surface area contributed by atoms with Crippen molar-refractivity contribution >= 4 is 5.78 Å². The minimum Gasteiger partial charge on any atom is -0.310 e. The fourth-order valence-corrected chi connectivity index (χ4v) is 1.86. The van der Waals surface area contributed by atoms with Gasteiger partial charge in [-0.15, -0.1) is 0 Å². The topological polar surface area (TPSA) is 29.1 Å². The summed E-state index contributed by atoms with van der Waals surface area (Å²) in [6, 6.07) is 1.08. The Kier molecular flexibility index (Phi) is 1.09. The molecule has 2 saturated heterocycles. The highest BCUT2D eigenvalue weighted by Crippen LogP contribution is 2.23. The van der Waals surface area contributed by atoms with Gasteiger partial charge in [-0.3, -0.25) is 4.79 Å². The van der Waals surface area contributed by atoms with E-state index in [1.54, 1.807) is 0 Å². The molecule has 50 valence electrons. The minimum absolute atomic E-state index is 0.459. The molecular formula is C7H11NO. The molecule has 2 rings (SSSR count). The van der Waals surface area contributed by atoms with Gasteiger partial charge in [0.15, 0.2) is 0 Å². The van der Waals surface area contributed by atoms with Crippen molar-refractivity contribution in [3.63, 3.8) is 0 Å². The van der Waals surface area contributed by atoms with E-state index in [1.807, 2.05) is 0 Å². The van der Waals surface area contributed by atoms with E-state index in [2.05, 4.69) is 5.32 Å². The van der Waals surface area contributed by atoms with E-state index in [1.165, 1.54) is 12.8 Å². The zero-order valence-corrected chi connectivity index (χ0v) is 5.39. The van der Waals surface area contributed by atoms with Crippen molar-refractivity contribution in [1.82, 2.24) is 5.32 Å². The Labute approximate surface area is 54.6 Å². The quantitative estimate of drug-likeness (QED) is 0.510. The van der Waals surface area contributed by atoms with Crippen LogP contribution < -0.4 is 5.32 Å². The van der Waals surface area contributed by atoms with Gasteiger partial charge in [0.1, 0.15) is 5.78 Å². The lowest BCUT2D eigenvalue weighted by atomic mass is 10.1. The monoisotopic (exact) mass is 125 g/mol. The number of hydrogen-bond donors (Lipinski definition) is 1. The summed E-state index contributed by atoms with van der Waals surface area (Å²) in [5, 5.41) is 3.40. The highest BCUT2D eigenvalue weighted by Gasteiger charge is 2.31. The molecular weight excluding hydrogens is 114 g/mol. The van der Waals surface area contributed by atoms with Crippen LogP contribution in [-0.2, 0) is 4.79 Å². The van der Waals surface area contributed by atoms with Crippen LogP contribution in [0.1, 0.15) is 25.7 Å². The van der Waals surface area contributed by atoms with Crippen LogP contribution in [0.4, 0.5) is 0 Å². The lowest BCUT2D eigenvalue weighted by Crippen LogP contribution is -2.38. The van der Waals surface area contributed by atoms with Crippen LogP contribution in [0.25, 0.3) is 0 Å². The standard InChI is InChI=1S/C7H11NO/c9-7-3-5-1-2-6(4-7)8-5/h5-6,8H,1-4H2/t5-,6+. The van der Waals surface area contributed by atoms with Crippen LogP contribution in [-0.4, -0.2) is 17.9 Å². The summed E-state index contributed by atoms with van der Waals surface area (Å²) in [6.07, 6.45) is 4.01. The Hall–Kier alpha value is -0.370. The number of hydrogen-bond acceptors (Lipinski definition) is 2. The third-order valence-electron chi connectivity index (χ3n) is 2.28. The first-order valence-corrected chi connectivity index (χ1v) is 3.62. The maximum atomic E-state index is 10.9. The maximum absolute atomic E-state index is 10.9. The minimum atomic E-state index is 0.459. The van der Waals surface area contributed by atoms with Crippen LogP contribution in [0, 0.1) is 0 Å². The molecule has 0 unspecified atom stereocenters. The number of piperidine rings is 1. The van der Waals surface area contributed by atoms with Gasteiger partial charge >= 0.3 is 0 Å². The second kappa shape index (κ2) is 1.81. The molecule has 1 N–H and O–H groups in total. The van der Waals surface area contributed by atoms with Gasteiger partial charge in [-0.05, 0) is 12.8 Å². The van der Waals surface area contributed by atoms with Crippen molar-refractivity contribution in [3.05, 3.63) is 0 Å². The Balaban J connectivity index is 2.11. The Morgan fingerprint density at radius 2 is 1.78 bits per heavy atom. The molecule has 0 aromatic heterocycles. The summed E-state index contributed by atoms with van der Waals surface area (Å²) in [4.78, 5) is 10.9. The molecule has 0 amide bonds. The summed E-state index contributed by atoms with van der Waals surface area (Å²) in [7, 11) is 0. The number of Topliss-reactive ketones (excluding diaryl/α,β-unsaturated/α-hetero) is 1. The van der Waals surface area contributed by atoms with Gasteiger partial charge in [0.25, 0.3) is 0 Å². The summed E-state index contributed by atoms with van der Waals surface area (Å²) < 4.78 is 0. The van der Waals surface area contributed by atoms with E-state index >= 15 is 0 Å². The Morgan fingerprint density at radius 3 is 2.33 bits per heavy atom. The molecule has 0 aromatic carbocycles. The largest absolute Gasteiger partial charge is 0.310 e. The summed E-state index contributed by atoms with van der Waals surface area (Å²) in [6.45, 7) is 0. The highest BCUT2D eigenvalue weighted by atomic mass is 16.1. The first-order chi connectivity index (χ1) is 4.34. The Morgan fingerprint density at radius 1 is 1.22 bits per heavy atom. The molecule has 2 fully saturated rings. The maximum Gasteiger partial charge on any atom is 0.136 e. The third-order valence-corrected chi connectivity index (χ3v) is 2.28. The second-order valence-electron chi connectivity index (χ2n) is 3.08. The van der Waals surface area contributed by atoms with Gasteiger partial charge in [0.05, 0.1) is 0 Å². The van der Waals surface area contributed by atoms with E-state index < -0.39 is 0 Å². The Bertz CT molecular complexity index is 130. The predicted octanol–water partition coefficient (Wildman–Crippen LogP) is 0.470. The predicted molar refractivity (Wildman–Crippen MR) is 34.2 cm³/mol. The fourth-order valence-electron chi connectivity index (χ4n) is 1.86. The van der Waals surface area contributed by atoms with E-state index in [-0.39, 0.29) is 0 Å². The number of carbonyl (C=O) groups excluding carboxylic acids is 1. The van der Waals surface area contributed by atoms with Crippen LogP contribution in [0.5, 0.6) is 0 Å². The van der Waals surface area contributed by atoms with Gasteiger partial charge in [-0.2, -0.15) is 0 Å². The molecule has 2 nitrogen and oxygen atoms in total. The van der Waals surface area contributed by atoms with Crippen molar-refractivity contribution in [2.75, 3.05) is 0 Å². The third kappa shape index (κ3) is 0.874. The number of ketones is 1. The summed E-state index contributed by atoms with van der Waals surface area (Å²) in [5.41, 5.74) is 0. The molecule has 0 aliphatic carbocycles. The number of fused-ring (bicyclic) bond motifs is 2. The normalized spacial score (nSPS) is 41.6. The molecule has 9 heavy (non-hydrogen) atoms. The molecule has 2 heteroatoms. The average Bonchev–Trinajstić information content (AvgIpc) is 2.11. The zero-order chi connectivity index (χ0) is 6.27. The van der Waals surface area contributed by atoms with E-state index in [4.69, 9.17) is 0 Å². The van der Waals surface area contributed by atoms with Gasteiger partial charge < -0.3 is 5.32 Å². The fraction of sp³-hybridized carbons (Fsp3) is 0.857. The van der Waals surface area contributed by atoms with E-state index in [0.717, 1.165) is 12.8 Å². The van der Waals surface area contributed by atoms with Crippen LogP contribution in [0.3, 0.4) is 0 Å². The lowest BCUT2D eigenvalue weighted by Gasteiger charge is -2.18. The van der Waals surface area contributed by atoms with Crippen molar-refractivity contribution in [3.8, 4) is 0 Å². The molecule has 2 bridgehead atoms. The van der Waals surface area contributed by atoms with Gasteiger partial charge in [-0.1, -0.05) is 0 Å². The number of carbonyl (C=O) groups is 1. The molecule has 2 heterocycles. The molecule has 0 radical (unpaired) electrons.